The van der Waals surface area contributed by atoms with Crippen molar-refractivity contribution < 1.29 is 13.2 Å². The van der Waals surface area contributed by atoms with Crippen LogP contribution in [0.5, 0.6) is 5.75 Å². The Labute approximate surface area is 125 Å². The number of anilines is 1. The van der Waals surface area contributed by atoms with Crippen LogP contribution in [0.1, 0.15) is 25.8 Å². The van der Waals surface area contributed by atoms with Crippen molar-refractivity contribution in [1.29, 1.82) is 0 Å². The zero-order chi connectivity index (χ0) is 15.3. The van der Waals surface area contributed by atoms with E-state index in [0.717, 1.165) is 0 Å². The molecular weight excluding hydrogens is 296 g/mol. The van der Waals surface area contributed by atoms with Gasteiger partial charge in [0.25, 0.3) is 0 Å². The standard InChI is InChI=1S/C13H20N2O3S2/c1-9(2)7-8-20(16,17)15-12-10(13(14)19)5-4-6-11(12)18-3/h4-6,9,15H,7-8H2,1-3H3,(H2,14,19). The Morgan fingerprint density at radius 3 is 2.60 bits per heavy atom. The molecule has 1 rings (SSSR count). The molecule has 0 aromatic heterocycles. The van der Waals surface area contributed by atoms with Crippen molar-refractivity contribution >= 4 is 32.9 Å². The fourth-order valence-electron chi connectivity index (χ4n) is 1.61. The van der Waals surface area contributed by atoms with E-state index in [9.17, 15) is 8.42 Å². The minimum Gasteiger partial charge on any atom is -0.495 e. The number of nitrogens with two attached hydrogens (primary N) is 1. The first-order chi connectivity index (χ1) is 9.26. The number of methoxy groups -OCH3 is 1. The van der Waals surface area contributed by atoms with Crippen LogP contribution < -0.4 is 15.2 Å². The van der Waals surface area contributed by atoms with E-state index in [1.165, 1.54) is 7.11 Å². The number of hydrogen-bond acceptors (Lipinski definition) is 4. The molecule has 0 amide bonds. The van der Waals surface area contributed by atoms with E-state index in [-0.39, 0.29) is 10.7 Å². The topological polar surface area (TPSA) is 81.4 Å². The maximum atomic E-state index is 12.1. The molecule has 0 fully saturated rings. The summed E-state index contributed by atoms with van der Waals surface area (Å²) in [6, 6.07) is 5.02. The van der Waals surface area contributed by atoms with E-state index < -0.39 is 10.0 Å². The van der Waals surface area contributed by atoms with E-state index in [4.69, 9.17) is 22.7 Å². The van der Waals surface area contributed by atoms with Gasteiger partial charge in [-0.1, -0.05) is 32.1 Å². The largest absolute Gasteiger partial charge is 0.495 e. The second-order valence-electron chi connectivity index (χ2n) is 4.85. The summed E-state index contributed by atoms with van der Waals surface area (Å²) in [7, 11) is -2.00. The third-order valence-corrected chi connectivity index (χ3v) is 4.24. The van der Waals surface area contributed by atoms with E-state index in [1.807, 2.05) is 13.8 Å². The number of thiocarbonyl (C=S) groups is 1. The molecule has 0 radical (unpaired) electrons. The molecule has 112 valence electrons. The third kappa shape index (κ3) is 4.64. The summed E-state index contributed by atoms with van der Waals surface area (Å²) in [6.45, 7) is 3.94. The number of para-hydroxylation sites is 1. The fraction of sp³-hybridized carbons (Fsp3) is 0.462. The Morgan fingerprint density at radius 1 is 1.45 bits per heavy atom. The van der Waals surface area contributed by atoms with Gasteiger partial charge in [-0.2, -0.15) is 0 Å². The Hall–Kier alpha value is -1.34. The molecule has 0 spiro atoms. The predicted octanol–water partition coefficient (Wildman–Crippen LogP) is 2.12. The average molecular weight is 316 g/mol. The molecule has 0 bridgehead atoms. The van der Waals surface area contributed by atoms with Gasteiger partial charge < -0.3 is 10.5 Å². The highest BCUT2D eigenvalue weighted by atomic mass is 32.2. The normalized spacial score (nSPS) is 11.4. The molecule has 5 nitrogen and oxygen atoms in total. The minimum atomic E-state index is -3.46. The highest BCUT2D eigenvalue weighted by Gasteiger charge is 2.18. The highest BCUT2D eigenvalue weighted by molar-refractivity contribution is 7.92. The van der Waals surface area contributed by atoms with Crippen LogP contribution in [0.3, 0.4) is 0 Å². The second kappa shape index (κ2) is 6.90. The first kappa shape index (κ1) is 16.7. The lowest BCUT2D eigenvalue weighted by molar-refractivity contribution is 0.417. The molecule has 3 N–H and O–H groups in total. The first-order valence-corrected chi connectivity index (χ1v) is 8.30. The number of benzene rings is 1. The Kier molecular flexibility index (Phi) is 5.76. The van der Waals surface area contributed by atoms with Crippen LogP contribution in [-0.2, 0) is 10.0 Å². The van der Waals surface area contributed by atoms with Crippen molar-refractivity contribution in [3.05, 3.63) is 23.8 Å². The van der Waals surface area contributed by atoms with Crippen molar-refractivity contribution in [2.24, 2.45) is 11.7 Å². The summed E-state index contributed by atoms with van der Waals surface area (Å²) < 4.78 is 31.9. The quantitative estimate of drug-likeness (QED) is 0.753. The molecule has 0 atom stereocenters. The smallest absolute Gasteiger partial charge is 0.232 e. The maximum absolute atomic E-state index is 12.1. The SMILES string of the molecule is COc1cccc(C(N)=S)c1NS(=O)(=O)CCC(C)C. The van der Waals surface area contributed by atoms with Gasteiger partial charge in [0.1, 0.15) is 16.4 Å². The fourth-order valence-corrected chi connectivity index (χ4v) is 3.18. The summed E-state index contributed by atoms with van der Waals surface area (Å²) in [4.78, 5) is 0.116. The lowest BCUT2D eigenvalue weighted by atomic mass is 10.1. The van der Waals surface area contributed by atoms with Crippen molar-refractivity contribution in [3.8, 4) is 5.75 Å². The van der Waals surface area contributed by atoms with E-state index in [1.54, 1.807) is 18.2 Å². The van der Waals surface area contributed by atoms with Gasteiger partial charge in [-0.05, 0) is 24.5 Å². The molecule has 7 heteroatoms. The first-order valence-electron chi connectivity index (χ1n) is 6.24. The van der Waals surface area contributed by atoms with Crippen molar-refractivity contribution in [2.45, 2.75) is 20.3 Å². The van der Waals surface area contributed by atoms with Gasteiger partial charge in [-0.15, -0.1) is 0 Å². The summed E-state index contributed by atoms with van der Waals surface area (Å²) in [5.74, 6) is 0.738. The monoisotopic (exact) mass is 316 g/mol. The van der Waals surface area contributed by atoms with Gasteiger partial charge in [0, 0.05) is 5.56 Å². The number of ether oxygens (including phenoxy) is 1. The number of hydrogen-bond donors (Lipinski definition) is 2. The van der Waals surface area contributed by atoms with Crippen LogP contribution in [0.4, 0.5) is 5.69 Å². The van der Waals surface area contributed by atoms with Gasteiger partial charge >= 0.3 is 0 Å². The molecule has 20 heavy (non-hydrogen) atoms. The van der Waals surface area contributed by atoms with Gasteiger partial charge in [0.15, 0.2) is 0 Å². The third-order valence-electron chi connectivity index (χ3n) is 2.73. The zero-order valence-electron chi connectivity index (χ0n) is 11.8. The minimum absolute atomic E-state index is 0.0412. The molecule has 0 aliphatic carbocycles. The van der Waals surface area contributed by atoms with Crippen molar-refractivity contribution in [2.75, 3.05) is 17.6 Å². The molecule has 1 aromatic rings. The molecule has 0 aliphatic heterocycles. The molecule has 0 saturated carbocycles. The van der Waals surface area contributed by atoms with Crippen molar-refractivity contribution in [1.82, 2.24) is 0 Å². The highest BCUT2D eigenvalue weighted by Crippen LogP contribution is 2.29. The van der Waals surface area contributed by atoms with E-state index >= 15 is 0 Å². The number of sulfonamides is 1. The van der Waals surface area contributed by atoms with E-state index in [0.29, 0.717) is 29.3 Å². The molecule has 1 aromatic carbocycles. The molecule has 0 aliphatic rings. The molecule has 0 saturated heterocycles. The summed E-state index contributed by atoms with van der Waals surface area (Å²) in [5.41, 5.74) is 6.37. The second-order valence-corrected chi connectivity index (χ2v) is 7.13. The average Bonchev–Trinajstić information content (AvgIpc) is 2.36. The molecular formula is C13H20N2O3S2. The lowest BCUT2D eigenvalue weighted by Gasteiger charge is -2.15. The van der Waals surface area contributed by atoms with Crippen LogP contribution in [0.2, 0.25) is 0 Å². The summed E-state index contributed by atoms with van der Waals surface area (Å²) >= 11 is 4.94. The summed E-state index contributed by atoms with van der Waals surface area (Å²) in [6.07, 6.45) is 0.576. The predicted molar refractivity (Wildman–Crippen MR) is 85.7 cm³/mol. The van der Waals surface area contributed by atoms with Gasteiger partial charge in [0.05, 0.1) is 12.9 Å². The molecule has 0 heterocycles. The maximum Gasteiger partial charge on any atom is 0.232 e. The van der Waals surface area contributed by atoms with Crippen LogP contribution in [0, 0.1) is 5.92 Å². The van der Waals surface area contributed by atoms with Crippen LogP contribution >= 0.6 is 12.2 Å². The zero-order valence-corrected chi connectivity index (χ0v) is 13.5. The number of rotatable bonds is 7. The van der Waals surface area contributed by atoms with Crippen molar-refractivity contribution in [3.63, 3.8) is 0 Å². The lowest BCUT2D eigenvalue weighted by Crippen LogP contribution is -2.21. The molecule has 0 unspecified atom stereocenters. The Morgan fingerprint density at radius 2 is 2.10 bits per heavy atom. The van der Waals surface area contributed by atoms with Crippen LogP contribution in [-0.4, -0.2) is 26.3 Å². The van der Waals surface area contributed by atoms with Gasteiger partial charge in [0.2, 0.25) is 10.0 Å². The van der Waals surface area contributed by atoms with E-state index in [2.05, 4.69) is 4.72 Å². The Bertz CT molecular complexity index is 583. The van der Waals surface area contributed by atoms with Gasteiger partial charge in [-0.25, -0.2) is 8.42 Å². The van der Waals surface area contributed by atoms with Crippen LogP contribution in [0.25, 0.3) is 0 Å². The number of nitrogens with one attached hydrogen (secondary N) is 1. The Balaban J connectivity index is 3.10. The van der Waals surface area contributed by atoms with Gasteiger partial charge in [-0.3, -0.25) is 4.72 Å². The summed E-state index contributed by atoms with van der Waals surface area (Å²) in [5, 5.41) is 0. The van der Waals surface area contributed by atoms with Crippen LogP contribution in [0.15, 0.2) is 18.2 Å².